The minimum atomic E-state index is -0.136. The summed E-state index contributed by atoms with van der Waals surface area (Å²) in [4.78, 5) is 11.6. The maximum atomic E-state index is 5.92. The van der Waals surface area contributed by atoms with Crippen molar-refractivity contribution in [2.24, 2.45) is 0 Å². The third kappa shape index (κ3) is 11.6. The molecule has 0 atom stereocenters. The van der Waals surface area contributed by atoms with Crippen molar-refractivity contribution in [3.8, 4) is 124 Å². The highest BCUT2D eigenvalue weighted by atomic mass is 15.0. The van der Waals surface area contributed by atoms with Crippen LogP contribution < -0.4 is 0 Å². The molecule has 31 rings (SSSR count). The van der Waals surface area contributed by atoms with Crippen LogP contribution >= 0.6 is 0 Å². The molecule has 0 unspecified atom stereocenters. The molecule has 0 bridgehead atoms. The maximum Gasteiger partial charge on any atom is 0.160 e. The SMILES string of the molecule is CC1(C)c2ccccc2-c2ccc(-n3c4ccccc4c4cc(-c5ccc6c7ccccc7n(-c7ccc(-c8nc(-c9cccc(-n%10c%11ccccc%11c%11ccc(-c%12ccc%13c(c%12)c%12ccccc%12n%13-c%12ccc%13c(c%12)C(C)(C)c%12ccccc%12-%13)cc%11%10)c9)nc9ccc(-n%10c%11ccccc%11c%11ccc(-c%12ccc%13c(c%12)c%12ccccc%12n%13-c%12ccc%13c(c%12)C(C)(C)c%12ccccc%12-%13)cc%11%10)cc89)cc7)c6c5)ccc43)cc21. The average Bonchev–Trinajstić information content (AvgIpc) is 1.56. The smallest absolute Gasteiger partial charge is 0.160 e. The van der Waals surface area contributed by atoms with Crippen LogP contribution in [-0.4, -0.2) is 37.4 Å². The second-order valence-corrected chi connectivity index (χ2v) is 41.9. The van der Waals surface area contributed by atoms with Gasteiger partial charge in [0, 0.05) is 132 Å². The van der Waals surface area contributed by atoms with Crippen molar-refractivity contribution in [2.45, 2.75) is 57.8 Å². The van der Waals surface area contributed by atoms with Crippen LogP contribution in [0.3, 0.4) is 0 Å². The first-order chi connectivity index (χ1) is 71.1. The van der Waals surface area contributed by atoms with Crippen LogP contribution in [-0.2, 0) is 16.2 Å². The van der Waals surface area contributed by atoms with Crippen LogP contribution in [0.2, 0.25) is 0 Å². The number of benzene rings is 21. The van der Waals surface area contributed by atoms with Gasteiger partial charge in [-0.1, -0.05) is 321 Å². The molecule has 145 heavy (non-hydrogen) atoms. The summed E-state index contributed by atoms with van der Waals surface area (Å²) in [7, 11) is 0. The van der Waals surface area contributed by atoms with E-state index in [0.29, 0.717) is 5.82 Å². The van der Waals surface area contributed by atoms with Crippen LogP contribution in [0.4, 0.5) is 0 Å². The van der Waals surface area contributed by atoms with E-state index in [9.17, 15) is 0 Å². The van der Waals surface area contributed by atoms with Crippen molar-refractivity contribution >= 4 is 142 Å². The Balaban J connectivity index is 0.544. The summed E-state index contributed by atoms with van der Waals surface area (Å²) in [6.45, 7) is 14.2. The lowest BCUT2D eigenvalue weighted by Crippen LogP contribution is -2.15. The van der Waals surface area contributed by atoms with Gasteiger partial charge < -0.3 is 27.4 Å². The van der Waals surface area contributed by atoms with Gasteiger partial charge in [-0.25, -0.2) is 9.97 Å². The van der Waals surface area contributed by atoms with Crippen molar-refractivity contribution in [2.75, 3.05) is 0 Å². The predicted octanol–water partition coefficient (Wildman–Crippen LogP) is 35.5. The maximum absolute atomic E-state index is 5.92. The molecule has 28 aromatic rings. The van der Waals surface area contributed by atoms with Gasteiger partial charge in [-0.15, -0.1) is 0 Å². The molecule has 3 aliphatic carbocycles. The van der Waals surface area contributed by atoms with Gasteiger partial charge in [-0.05, 0) is 270 Å². The van der Waals surface area contributed by atoms with Crippen LogP contribution in [0.5, 0.6) is 0 Å². The molecule has 8 nitrogen and oxygen atoms in total. The Morgan fingerprint density at radius 1 is 0.152 bits per heavy atom. The molecule has 0 saturated carbocycles. The van der Waals surface area contributed by atoms with Crippen LogP contribution in [0.1, 0.15) is 74.9 Å². The van der Waals surface area contributed by atoms with Gasteiger partial charge in [0.1, 0.15) is 0 Å². The molecule has 0 saturated heterocycles. The number of aromatic nitrogens is 8. The van der Waals surface area contributed by atoms with Gasteiger partial charge in [-0.2, -0.15) is 0 Å². The predicted molar refractivity (Wildman–Crippen MR) is 605 cm³/mol. The largest absolute Gasteiger partial charge is 0.309 e. The van der Waals surface area contributed by atoms with Gasteiger partial charge in [0.05, 0.1) is 77.4 Å². The third-order valence-corrected chi connectivity index (χ3v) is 33.2. The number of hydrogen-bond donors (Lipinski definition) is 0. The summed E-state index contributed by atoms with van der Waals surface area (Å²) in [6, 6.07) is 169. The van der Waals surface area contributed by atoms with Gasteiger partial charge in [0.25, 0.3) is 0 Å². The second-order valence-electron chi connectivity index (χ2n) is 41.9. The summed E-state index contributed by atoms with van der Waals surface area (Å²) >= 11 is 0. The van der Waals surface area contributed by atoms with E-state index in [-0.39, 0.29) is 16.2 Å². The molecule has 0 spiro atoms. The number of para-hydroxylation sites is 6. The Morgan fingerprint density at radius 2 is 0.421 bits per heavy atom. The Labute approximate surface area is 836 Å². The molecule has 0 amide bonds. The lowest BCUT2D eigenvalue weighted by atomic mass is 9.82. The van der Waals surface area contributed by atoms with Gasteiger partial charge in [0.2, 0.25) is 0 Å². The van der Waals surface area contributed by atoms with Crippen molar-refractivity contribution < 1.29 is 0 Å². The Morgan fingerprint density at radius 3 is 0.800 bits per heavy atom. The van der Waals surface area contributed by atoms with Gasteiger partial charge >= 0.3 is 0 Å². The number of nitrogens with zero attached hydrogens (tertiary/aromatic N) is 8. The number of hydrogen-bond acceptors (Lipinski definition) is 2. The summed E-state index contributed by atoms with van der Waals surface area (Å²) in [5.41, 5.74) is 46.5. The van der Waals surface area contributed by atoms with Crippen molar-refractivity contribution in [3.05, 3.63) is 482 Å². The molecule has 680 valence electrons. The van der Waals surface area contributed by atoms with E-state index in [2.05, 4.69) is 518 Å². The number of rotatable bonds is 11. The zero-order valence-electron chi connectivity index (χ0n) is 80.8. The minimum Gasteiger partial charge on any atom is -0.309 e. The number of fused-ring (bicyclic) bond motifs is 28. The molecule has 0 radical (unpaired) electrons. The van der Waals surface area contributed by atoms with E-state index in [4.69, 9.17) is 9.97 Å². The van der Waals surface area contributed by atoms with Gasteiger partial charge in [0.15, 0.2) is 5.82 Å². The molecule has 0 aliphatic heterocycles. The van der Waals surface area contributed by atoms with Crippen molar-refractivity contribution in [1.82, 2.24) is 37.4 Å². The van der Waals surface area contributed by atoms with Crippen LogP contribution in [0.15, 0.2) is 449 Å². The molecule has 3 aliphatic rings. The monoisotopic (exact) mass is 1850 g/mol. The van der Waals surface area contributed by atoms with E-state index >= 15 is 0 Å². The third-order valence-electron chi connectivity index (χ3n) is 33.2. The fourth-order valence-electron chi connectivity index (χ4n) is 26.2. The molecular weight excluding hydrogens is 1760 g/mol. The van der Waals surface area contributed by atoms with Crippen molar-refractivity contribution in [3.63, 3.8) is 0 Å². The van der Waals surface area contributed by atoms with E-state index in [1.54, 1.807) is 0 Å². The molecular formula is C137H92N8. The summed E-state index contributed by atoms with van der Waals surface area (Å²) in [6.07, 6.45) is 0. The highest BCUT2D eigenvalue weighted by molar-refractivity contribution is 6.18. The zero-order chi connectivity index (χ0) is 95.9. The standard InChI is InChI=1S/C137H92N8/c1-135(2)114-37-16-7-28-95(114)98-63-56-92(78-117(98)135)141-124-43-22-13-34-104(124)110-71-82(51-67-127(110)141)85-48-60-107-101-31-10-19-40-121(101)140(130(107)74-85)89-54-46-81(47-55-89)133-113-77-91(145-123-42-21-12-33-103(123)109-62-50-87(76-132(109)145)84-53-69-129-112(73-84)106-36-15-24-45-126(106)143(129)94-58-65-100-97-30-9-18-39-116(97)137(5,6)119(100)80-94)59-66-120(113)138-134(139-133)88-26-25-27-90(70-88)144-122-41-20-11-32-102(122)108-61-49-86(75-131(108)144)83-52-68-128-111(72-83)105-35-14-23-44-125(105)142(128)93-57-64-99-96-29-8-17-38-115(96)136(3,4)118(99)79-93/h7-80H,1-6H3. The lowest BCUT2D eigenvalue weighted by molar-refractivity contribution is 0.660. The first-order valence-electron chi connectivity index (χ1n) is 50.6. The van der Waals surface area contributed by atoms with Crippen LogP contribution in [0, 0.1) is 0 Å². The van der Waals surface area contributed by atoms with E-state index in [1.165, 1.54) is 182 Å². The summed E-state index contributed by atoms with van der Waals surface area (Å²) in [5, 5.41) is 15.4. The molecule has 21 aromatic carbocycles. The average molecular weight is 1850 g/mol. The Kier molecular flexibility index (Phi) is 16.8. The van der Waals surface area contributed by atoms with E-state index in [0.717, 1.165) is 111 Å². The fraction of sp³-hybridized carbons (Fsp3) is 0.0657. The first-order valence-corrected chi connectivity index (χ1v) is 50.6. The normalized spacial score (nSPS) is 13.8. The van der Waals surface area contributed by atoms with Gasteiger partial charge in [-0.3, -0.25) is 0 Å². The van der Waals surface area contributed by atoms with Crippen LogP contribution in [0.25, 0.3) is 265 Å². The Hall–Kier alpha value is -18.2. The Bertz CT molecular complexity index is 10600. The van der Waals surface area contributed by atoms with Crippen molar-refractivity contribution in [1.29, 1.82) is 0 Å². The lowest BCUT2D eigenvalue weighted by Gasteiger charge is -2.22. The quantitative estimate of drug-likeness (QED) is 0.130. The minimum absolute atomic E-state index is 0.130. The molecule has 0 fully saturated rings. The fourth-order valence-corrected chi connectivity index (χ4v) is 26.2. The molecule has 7 aromatic heterocycles. The molecule has 0 N–H and O–H groups in total. The molecule has 8 heteroatoms. The summed E-state index contributed by atoms with van der Waals surface area (Å²) < 4.78 is 14.8. The summed E-state index contributed by atoms with van der Waals surface area (Å²) in [5.74, 6) is 0.629. The second kappa shape index (κ2) is 29.9. The first kappa shape index (κ1) is 81.6. The highest BCUT2D eigenvalue weighted by Crippen LogP contribution is 2.55. The topological polar surface area (TPSA) is 55.4 Å². The van der Waals surface area contributed by atoms with E-state index < -0.39 is 0 Å². The zero-order valence-corrected chi connectivity index (χ0v) is 80.8. The van der Waals surface area contributed by atoms with E-state index in [1.807, 2.05) is 0 Å². The highest BCUT2D eigenvalue weighted by Gasteiger charge is 2.40. The molecule has 7 heterocycles.